The largest absolute Gasteiger partial charge is 0.507 e. The van der Waals surface area contributed by atoms with E-state index in [1.54, 1.807) is 6.08 Å². The minimum Gasteiger partial charge on any atom is -0.507 e. The molecule has 3 aliphatic carbocycles. The van der Waals surface area contributed by atoms with Crippen molar-refractivity contribution in [3.05, 3.63) is 87.8 Å². The lowest BCUT2D eigenvalue weighted by Gasteiger charge is -2.42. The van der Waals surface area contributed by atoms with Crippen molar-refractivity contribution in [3.8, 4) is 11.5 Å². The third kappa shape index (κ3) is 3.55. The van der Waals surface area contributed by atoms with Gasteiger partial charge < -0.3 is 15.3 Å². The third-order valence-electron chi connectivity index (χ3n) is 8.34. The van der Waals surface area contributed by atoms with Crippen LogP contribution in [-0.2, 0) is 19.2 Å². The van der Waals surface area contributed by atoms with Crippen molar-refractivity contribution in [3.63, 3.8) is 0 Å². The molecule has 0 saturated carbocycles. The molecule has 9 nitrogen and oxygen atoms in total. The van der Waals surface area contributed by atoms with Gasteiger partial charge in [0.25, 0.3) is 0 Å². The van der Waals surface area contributed by atoms with Gasteiger partial charge in [-0.1, -0.05) is 17.7 Å². The van der Waals surface area contributed by atoms with Crippen molar-refractivity contribution in [2.75, 3.05) is 4.90 Å². The van der Waals surface area contributed by atoms with Gasteiger partial charge in [0.1, 0.15) is 11.3 Å². The number of hydrogen-bond acceptors (Lipinski definition) is 7. The smallest absolute Gasteiger partial charge is 0.339 e. The SMILES string of the molecule is CC1=CC(=O)C2=C(CC3C(=CCC4C(=O)N(c5ccc(C(=O)O)c(O)c5)C(=O)C43)C2c2ccc(O)c(F)c2)C1=O. The van der Waals surface area contributed by atoms with Crippen LogP contribution in [0.3, 0.4) is 0 Å². The van der Waals surface area contributed by atoms with Crippen LogP contribution in [0.4, 0.5) is 10.1 Å². The van der Waals surface area contributed by atoms with Crippen LogP contribution in [0.2, 0.25) is 0 Å². The summed E-state index contributed by atoms with van der Waals surface area (Å²) in [7, 11) is 0. The molecule has 4 unspecified atom stereocenters. The number of amides is 2. The van der Waals surface area contributed by atoms with Crippen LogP contribution in [-0.4, -0.2) is 44.7 Å². The van der Waals surface area contributed by atoms with Crippen molar-refractivity contribution in [1.82, 2.24) is 0 Å². The molecule has 2 amide bonds. The minimum atomic E-state index is -1.37. The first-order valence-corrected chi connectivity index (χ1v) is 12.6. The Hall–Kier alpha value is -4.86. The summed E-state index contributed by atoms with van der Waals surface area (Å²) in [5.41, 5.74) is 1.23. The number of anilines is 1. The molecular weight excluding hydrogens is 521 g/mol. The van der Waals surface area contributed by atoms with Gasteiger partial charge in [-0.3, -0.25) is 19.2 Å². The van der Waals surface area contributed by atoms with Gasteiger partial charge in [0.05, 0.1) is 17.5 Å². The minimum absolute atomic E-state index is 0.0176. The van der Waals surface area contributed by atoms with Crippen LogP contribution < -0.4 is 4.90 Å². The van der Waals surface area contributed by atoms with Gasteiger partial charge in [-0.2, -0.15) is 0 Å². The third-order valence-corrected chi connectivity index (χ3v) is 8.34. The molecule has 0 bridgehead atoms. The highest BCUT2D eigenvalue weighted by Gasteiger charge is 2.56. The fourth-order valence-electron chi connectivity index (χ4n) is 6.56. The van der Waals surface area contributed by atoms with Crippen LogP contribution in [0.1, 0.15) is 41.6 Å². The molecule has 2 aromatic carbocycles. The van der Waals surface area contributed by atoms with Gasteiger partial charge in [-0.15, -0.1) is 0 Å². The first-order valence-electron chi connectivity index (χ1n) is 12.6. The summed E-state index contributed by atoms with van der Waals surface area (Å²) in [6.45, 7) is 1.52. The highest BCUT2D eigenvalue weighted by Crippen LogP contribution is 2.55. The van der Waals surface area contributed by atoms with Crippen molar-refractivity contribution in [1.29, 1.82) is 0 Å². The number of imide groups is 1. The Morgan fingerprint density at radius 3 is 2.40 bits per heavy atom. The number of nitrogens with zero attached hydrogens (tertiary/aromatic N) is 1. The van der Waals surface area contributed by atoms with Crippen LogP contribution in [0.15, 0.2) is 70.8 Å². The summed E-state index contributed by atoms with van der Waals surface area (Å²) in [6, 6.07) is 7.15. The molecule has 1 aliphatic heterocycles. The number of carbonyl (C=O) groups is 5. The molecule has 6 rings (SSSR count). The number of allylic oxidation sites excluding steroid dienone is 6. The summed E-state index contributed by atoms with van der Waals surface area (Å²) in [6.07, 6.45) is 3.20. The van der Waals surface area contributed by atoms with Crippen LogP contribution >= 0.6 is 0 Å². The molecule has 0 spiro atoms. The van der Waals surface area contributed by atoms with Gasteiger partial charge in [0, 0.05) is 28.7 Å². The summed E-state index contributed by atoms with van der Waals surface area (Å²) in [5, 5.41) is 29.2. The summed E-state index contributed by atoms with van der Waals surface area (Å²) in [4.78, 5) is 66.1. The van der Waals surface area contributed by atoms with Crippen molar-refractivity contribution in [2.45, 2.75) is 25.7 Å². The highest BCUT2D eigenvalue weighted by atomic mass is 19.1. The zero-order valence-corrected chi connectivity index (χ0v) is 21.1. The van der Waals surface area contributed by atoms with E-state index in [0.717, 1.165) is 29.2 Å². The molecule has 10 heteroatoms. The molecule has 0 radical (unpaired) electrons. The molecule has 1 heterocycles. The lowest BCUT2D eigenvalue weighted by Crippen LogP contribution is -2.39. The topological polar surface area (TPSA) is 149 Å². The number of ketones is 2. The Kier molecular flexibility index (Phi) is 5.62. The number of carboxylic acids is 1. The summed E-state index contributed by atoms with van der Waals surface area (Å²) in [5.74, 6) is -8.50. The van der Waals surface area contributed by atoms with E-state index in [-0.39, 0.29) is 46.6 Å². The maximum atomic E-state index is 14.5. The number of phenolic OH excluding ortho intramolecular Hbond substituents is 1. The molecule has 4 aliphatic rings. The average Bonchev–Trinajstić information content (AvgIpc) is 3.17. The Labute approximate surface area is 226 Å². The van der Waals surface area contributed by atoms with Gasteiger partial charge in [-0.05, 0) is 61.6 Å². The van der Waals surface area contributed by atoms with E-state index in [9.17, 15) is 43.7 Å². The lowest BCUT2D eigenvalue weighted by atomic mass is 9.59. The molecule has 40 heavy (non-hydrogen) atoms. The van der Waals surface area contributed by atoms with Gasteiger partial charge in [-0.25, -0.2) is 14.1 Å². The van der Waals surface area contributed by atoms with Crippen LogP contribution in [0.25, 0.3) is 0 Å². The molecule has 0 aromatic heterocycles. The first-order chi connectivity index (χ1) is 19.0. The second-order valence-corrected chi connectivity index (χ2v) is 10.5. The number of rotatable bonds is 3. The normalized spacial score (nSPS) is 25.8. The van der Waals surface area contributed by atoms with Gasteiger partial charge in [0.15, 0.2) is 23.1 Å². The Morgan fingerprint density at radius 2 is 1.73 bits per heavy atom. The molecular formula is C30H22FNO8. The zero-order valence-electron chi connectivity index (χ0n) is 21.1. The number of aromatic carboxylic acids is 1. The summed E-state index contributed by atoms with van der Waals surface area (Å²) < 4.78 is 14.5. The predicted octanol–water partition coefficient (Wildman–Crippen LogP) is 3.57. The van der Waals surface area contributed by atoms with E-state index in [0.29, 0.717) is 11.1 Å². The lowest BCUT2D eigenvalue weighted by molar-refractivity contribution is -0.123. The molecule has 1 saturated heterocycles. The fraction of sp³-hybridized carbons (Fsp3) is 0.233. The first kappa shape index (κ1) is 25.4. The molecule has 202 valence electrons. The van der Waals surface area contributed by atoms with Gasteiger partial charge in [0.2, 0.25) is 11.8 Å². The maximum absolute atomic E-state index is 14.5. The van der Waals surface area contributed by atoms with Crippen molar-refractivity contribution >= 4 is 35.0 Å². The van der Waals surface area contributed by atoms with Crippen molar-refractivity contribution < 1.29 is 43.7 Å². The number of halogens is 1. The van der Waals surface area contributed by atoms with Crippen LogP contribution in [0, 0.1) is 23.6 Å². The molecule has 3 N–H and O–H groups in total. The monoisotopic (exact) mass is 543 g/mol. The van der Waals surface area contributed by atoms with E-state index < -0.39 is 64.6 Å². The quantitative estimate of drug-likeness (QED) is 0.302. The van der Waals surface area contributed by atoms with Crippen LogP contribution in [0.5, 0.6) is 11.5 Å². The molecule has 2 aromatic rings. The molecule has 1 fully saturated rings. The zero-order chi connectivity index (χ0) is 28.6. The van der Waals surface area contributed by atoms with Gasteiger partial charge >= 0.3 is 5.97 Å². The maximum Gasteiger partial charge on any atom is 0.339 e. The number of carbonyl (C=O) groups excluding carboxylic acids is 4. The standard InChI is InChI=1S/C30H22FNO8/c1-12-8-23(35)26-19(27(12)36)11-18-15(24(26)13-2-7-21(33)20(31)9-13)5-6-17-25(18)29(38)32(28(17)37)14-3-4-16(30(39)40)22(34)10-14/h2-5,7-10,17-18,24-25,33-34H,6,11H2,1H3,(H,39,40). The Balaban J connectivity index is 1.46. The fourth-order valence-corrected chi connectivity index (χ4v) is 6.56. The highest BCUT2D eigenvalue weighted by molar-refractivity contribution is 6.25. The van der Waals surface area contributed by atoms with Crippen molar-refractivity contribution in [2.24, 2.45) is 17.8 Å². The van der Waals surface area contributed by atoms with E-state index in [4.69, 9.17) is 0 Å². The molecule has 4 atom stereocenters. The average molecular weight is 544 g/mol. The number of fused-ring (bicyclic) bond motifs is 3. The predicted molar refractivity (Wildman–Crippen MR) is 137 cm³/mol. The van der Waals surface area contributed by atoms with E-state index in [2.05, 4.69) is 0 Å². The van der Waals surface area contributed by atoms with E-state index in [1.165, 1.54) is 25.1 Å². The Morgan fingerprint density at radius 1 is 0.975 bits per heavy atom. The number of Topliss-reactive ketones (excluding diaryl/α,β-unsaturated/α-hetero) is 1. The van der Waals surface area contributed by atoms with E-state index in [1.807, 2.05) is 0 Å². The number of phenols is 2. The number of hydrogen-bond donors (Lipinski definition) is 3. The van der Waals surface area contributed by atoms with E-state index >= 15 is 0 Å². The Bertz CT molecular complexity index is 1680. The second kappa shape index (κ2) is 8.84. The summed E-state index contributed by atoms with van der Waals surface area (Å²) >= 11 is 0. The second-order valence-electron chi connectivity index (χ2n) is 10.5. The number of carboxylic acid groups (broad SMARTS) is 1. The number of aromatic hydroxyl groups is 2. The number of benzene rings is 2.